The maximum atomic E-state index is 10.4. The van der Waals surface area contributed by atoms with Crippen molar-refractivity contribution < 1.29 is 9.53 Å². The SMILES string of the molecule is C=CC(=O)OC(C)[CH]C.N.[Cl][Mg][CH2]c1ccccc1. The van der Waals surface area contributed by atoms with E-state index >= 15 is 0 Å². The van der Waals surface area contributed by atoms with Crippen LogP contribution in [0.25, 0.3) is 0 Å². The Kier molecular flexibility index (Phi) is 15.2. The van der Waals surface area contributed by atoms with Crippen molar-refractivity contribution in [2.75, 3.05) is 0 Å². The van der Waals surface area contributed by atoms with Gasteiger partial charge in [0, 0.05) is 6.08 Å². The van der Waals surface area contributed by atoms with Gasteiger partial charge in [0.15, 0.2) is 0 Å². The van der Waals surface area contributed by atoms with Crippen molar-refractivity contribution in [1.82, 2.24) is 6.15 Å². The lowest BCUT2D eigenvalue weighted by atomic mass is 10.2. The highest BCUT2D eigenvalue weighted by atomic mass is 35.5. The number of ether oxygens (including phenoxy) is 1. The van der Waals surface area contributed by atoms with Crippen molar-refractivity contribution in [1.29, 1.82) is 0 Å². The molecule has 0 aliphatic rings. The number of carbonyl (C=O) groups is 1. The summed E-state index contributed by atoms with van der Waals surface area (Å²) in [5.41, 5.74) is 1.37. The number of halogens is 1. The highest BCUT2D eigenvalue weighted by Gasteiger charge is 2.01. The first-order valence-corrected chi connectivity index (χ1v) is 9.00. The molecule has 0 fully saturated rings. The first kappa shape index (κ1) is 20.8. The molecule has 19 heavy (non-hydrogen) atoms. The lowest BCUT2D eigenvalue weighted by Gasteiger charge is -2.06. The lowest BCUT2D eigenvalue weighted by molar-refractivity contribution is -0.140. The fourth-order valence-corrected chi connectivity index (χ4v) is 2.26. The minimum absolute atomic E-state index is 0. The molecule has 3 N–H and O–H groups in total. The number of benzene rings is 1. The van der Waals surface area contributed by atoms with Gasteiger partial charge in [-0.2, -0.15) is 0 Å². The molecule has 0 aliphatic carbocycles. The Morgan fingerprint density at radius 3 is 2.47 bits per heavy atom. The van der Waals surface area contributed by atoms with Crippen LogP contribution in [-0.4, -0.2) is 31.3 Å². The summed E-state index contributed by atoms with van der Waals surface area (Å²) in [5, 5.41) is 0. The monoisotopic (exact) mass is 294 g/mol. The first-order chi connectivity index (χ1) is 8.63. The zero-order chi connectivity index (χ0) is 13.8. The molecule has 1 aromatic carbocycles. The normalized spacial score (nSPS) is 9.84. The van der Waals surface area contributed by atoms with Crippen LogP contribution in [0.4, 0.5) is 0 Å². The maximum Gasteiger partial charge on any atom is 0.505 e. The molecule has 1 radical (unpaired) electrons. The second kappa shape index (κ2) is 13.9. The van der Waals surface area contributed by atoms with Crippen LogP contribution in [0.3, 0.4) is 0 Å². The van der Waals surface area contributed by atoms with Crippen LogP contribution in [0.1, 0.15) is 19.4 Å². The van der Waals surface area contributed by atoms with E-state index in [2.05, 4.69) is 30.8 Å². The summed E-state index contributed by atoms with van der Waals surface area (Å²) in [4.78, 5) is 10.4. The van der Waals surface area contributed by atoms with E-state index in [0.717, 1.165) is 10.6 Å². The van der Waals surface area contributed by atoms with E-state index in [1.165, 1.54) is 5.56 Å². The van der Waals surface area contributed by atoms with Gasteiger partial charge in [-0.3, -0.25) is 0 Å². The maximum absolute atomic E-state index is 10.4. The van der Waals surface area contributed by atoms with E-state index in [0.29, 0.717) is 0 Å². The van der Waals surface area contributed by atoms with E-state index in [1.54, 1.807) is 13.3 Å². The lowest BCUT2D eigenvalue weighted by Crippen LogP contribution is -2.11. The number of hydrogen-bond donors (Lipinski definition) is 1. The number of hydrogen-bond acceptors (Lipinski definition) is 3. The van der Waals surface area contributed by atoms with E-state index in [9.17, 15) is 4.79 Å². The Balaban J connectivity index is 0. The fourth-order valence-electron chi connectivity index (χ4n) is 1.05. The van der Waals surface area contributed by atoms with Gasteiger partial charge < -0.3 is 20.0 Å². The predicted molar refractivity (Wildman–Crippen MR) is 82.5 cm³/mol. The fraction of sp³-hybridized carbons (Fsp3) is 0.286. The molecule has 1 aromatic rings. The van der Waals surface area contributed by atoms with Crippen LogP contribution < -0.4 is 6.15 Å². The van der Waals surface area contributed by atoms with Crippen molar-refractivity contribution in [3.63, 3.8) is 0 Å². The average Bonchev–Trinajstić information content (AvgIpc) is 2.40. The number of carbonyl (C=O) groups excluding carboxylic acids is 1. The van der Waals surface area contributed by atoms with Gasteiger partial charge in [-0.1, -0.05) is 53.9 Å². The van der Waals surface area contributed by atoms with Gasteiger partial charge in [0.25, 0.3) is 0 Å². The highest BCUT2D eigenvalue weighted by Crippen LogP contribution is 1.98. The van der Waals surface area contributed by atoms with Crippen molar-refractivity contribution in [2.24, 2.45) is 0 Å². The van der Waals surface area contributed by atoms with E-state index in [-0.39, 0.29) is 37.5 Å². The Morgan fingerprint density at radius 1 is 1.47 bits per heavy atom. The minimum Gasteiger partial charge on any atom is -0.459 e. The summed E-state index contributed by atoms with van der Waals surface area (Å²) in [6, 6.07) is 10.4. The van der Waals surface area contributed by atoms with Crippen LogP contribution >= 0.6 is 9.07 Å². The molecule has 3 nitrogen and oxygen atoms in total. The van der Waals surface area contributed by atoms with Crippen molar-refractivity contribution in [2.45, 2.75) is 24.5 Å². The molecule has 0 saturated carbocycles. The molecule has 0 saturated heterocycles. The van der Waals surface area contributed by atoms with Crippen molar-refractivity contribution in [3.8, 4) is 0 Å². The predicted octanol–water partition coefficient (Wildman–Crippen LogP) is 3.53. The Morgan fingerprint density at radius 2 is 2.05 bits per heavy atom. The summed E-state index contributed by atoms with van der Waals surface area (Å²) in [6.45, 7) is 6.89. The van der Waals surface area contributed by atoms with Gasteiger partial charge in [-0.15, -0.1) is 0 Å². The third kappa shape index (κ3) is 12.2. The summed E-state index contributed by atoms with van der Waals surface area (Å²) in [5.74, 6) is -0.374. The minimum atomic E-state index is -0.374. The number of esters is 1. The molecule has 0 amide bonds. The molecule has 1 atom stereocenters. The second-order valence-electron chi connectivity index (χ2n) is 3.60. The van der Waals surface area contributed by atoms with Crippen LogP contribution in [0.5, 0.6) is 0 Å². The molecule has 0 heterocycles. The Labute approximate surface area is 129 Å². The molecule has 0 aromatic heterocycles. The Bertz CT molecular complexity index is 347. The average molecular weight is 295 g/mol. The largest absolute Gasteiger partial charge is 0.505 e. The van der Waals surface area contributed by atoms with Gasteiger partial charge >= 0.3 is 25.2 Å². The molecule has 0 aliphatic heterocycles. The quantitative estimate of drug-likeness (QED) is 0.513. The van der Waals surface area contributed by atoms with E-state index in [1.807, 2.05) is 13.0 Å². The summed E-state index contributed by atoms with van der Waals surface area (Å²) >= 11 is -0.312. The third-order valence-electron chi connectivity index (χ3n) is 2.16. The smallest absolute Gasteiger partial charge is 0.459 e. The summed E-state index contributed by atoms with van der Waals surface area (Å²) in [6.07, 6.45) is 2.83. The summed E-state index contributed by atoms with van der Waals surface area (Å²) < 4.78 is 5.85. The van der Waals surface area contributed by atoms with Crippen LogP contribution in [0.2, 0.25) is 0 Å². The molecule has 1 unspecified atom stereocenters. The van der Waals surface area contributed by atoms with Gasteiger partial charge in [-0.05, 0) is 13.3 Å². The van der Waals surface area contributed by atoms with Crippen LogP contribution in [-0.2, 0) is 14.1 Å². The van der Waals surface area contributed by atoms with Crippen molar-refractivity contribution >= 4 is 34.3 Å². The molecule has 0 spiro atoms. The van der Waals surface area contributed by atoms with Gasteiger partial charge in [0.1, 0.15) is 6.10 Å². The third-order valence-corrected chi connectivity index (χ3v) is 3.50. The topological polar surface area (TPSA) is 61.3 Å². The molecule has 0 bridgehead atoms. The first-order valence-electron chi connectivity index (χ1n) is 5.86. The molecule has 103 valence electrons. The van der Waals surface area contributed by atoms with E-state index in [4.69, 9.17) is 13.8 Å². The highest BCUT2D eigenvalue weighted by molar-refractivity contribution is 6.93. The van der Waals surface area contributed by atoms with Gasteiger partial charge in [0.2, 0.25) is 0 Å². The standard InChI is InChI=1S/C7H11O2.C7H7.ClH.Mg.H3N/c1-4-6(3)9-7(8)5-2;1-7-5-3-2-4-6-7;;;/h4-6H,2H2,1,3H3;2-6H,1H2;1H;;1H3/q;;;+1;/p-1. The van der Waals surface area contributed by atoms with Crippen LogP contribution in [0, 0.1) is 6.42 Å². The molecular formula is C14H21ClMgNO2. The van der Waals surface area contributed by atoms with Crippen LogP contribution in [0.15, 0.2) is 43.0 Å². The Hall–Kier alpha value is -0.554. The molecule has 5 heteroatoms. The summed E-state index contributed by atoms with van der Waals surface area (Å²) in [7, 11) is 5.67. The number of rotatable bonds is 5. The molecular weight excluding hydrogens is 274 g/mol. The zero-order valence-corrected chi connectivity index (χ0v) is 13.8. The molecule has 1 rings (SSSR count). The second-order valence-corrected chi connectivity index (χ2v) is 5.62. The van der Waals surface area contributed by atoms with E-state index < -0.39 is 0 Å². The zero-order valence-electron chi connectivity index (χ0n) is 11.6. The van der Waals surface area contributed by atoms with Crippen molar-refractivity contribution in [3.05, 3.63) is 55.0 Å². The van der Waals surface area contributed by atoms with Gasteiger partial charge in [0.05, 0.1) is 0 Å². The van der Waals surface area contributed by atoms with Gasteiger partial charge in [-0.25, -0.2) is 4.79 Å².